The Morgan fingerprint density at radius 2 is 2.50 bits per heavy atom. The highest BCUT2D eigenvalue weighted by molar-refractivity contribution is 6.17. The van der Waals surface area contributed by atoms with Crippen molar-refractivity contribution in [1.82, 2.24) is 15.3 Å². The van der Waals surface area contributed by atoms with Crippen LogP contribution in [-0.4, -0.2) is 28.4 Å². The van der Waals surface area contributed by atoms with E-state index in [2.05, 4.69) is 26.4 Å². The summed E-state index contributed by atoms with van der Waals surface area (Å²) in [5.74, 6) is 0. The number of H-pyrrole nitrogens is 1. The number of imidazole rings is 1. The zero-order chi connectivity index (χ0) is 7.97. The number of aromatic nitrogens is 2. The van der Waals surface area contributed by atoms with Gasteiger partial charge in [0.1, 0.15) is 0 Å². The summed E-state index contributed by atoms with van der Waals surface area (Å²) in [5, 5.41) is 5.33. The van der Waals surface area contributed by atoms with Crippen LogP contribution in [0.2, 0.25) is 0 Å². The van der Waals surface area contributed by atoms with Crippen LogP contribution in [0.4, 0.5) is 0 Å². The Morgan fingerprint density at radius 3 is 3.50 bits per heavy atom. The third-order valence-corrected chi connectivity index (χ3v) is 2.21. The topological polar surface area (TPSA) is 53.1 Å². The van der Waals surface area contributed by atoms with Gasteiger partial charge in [-0.15, -0.1) is 0 Å². The number of nitrogens with zero attached hydrogens (tertiary/aromatic N) is 2. The van der Waals surface area contributed by atoms with E-state index in [1.54, 1.807) is 6.33 Å². The first kappa shape index (κ1) is 6.14. The first-order chi connectivity index (χ1) is 5.93. The van der Waals surface area contributed by atoms with Crippen LogP contribution in [-0.2, 0) is 0 Å². The molecule has 0 bridgehead atoms. The predicted molar refractivity (Wildman–Crippen MR) is 46.0 cm³/mol. The summed E-state index contributed by atoms with van der Waals surface area (Å²) in [6.45, 7) is 0.720. The number of fused-ring (bicyclic) bond motifs is 2. The molecule has 0 radical (unpaired) electrons. The van der Waals surface area contributed by atoms with E-state index >= 15 is 0 Å². The minimum Gasteiger partial charge on any atom is -0.345 e. The molecule has 0 fully saturated rings. The van der Waals surface area contributed by atoms with E-state index in [0.29, 0.717) is 0 Å². The van der Waals surface area contributed by atoms with Gasteiger partial charge in [0.2, 0.25) is 0 Å². The summed E-state index contributed by atoms with van der Waals surface area (Å²) in [7, 11) is 0. The van der Waals surface area contributed by atoms with Crippen molar-refractivity contribution in [3.05, 3.63) is 17.0 Å². The van der Waals surface area contributed by atoms with Crippen LogP contribution in [0.5, 0.6) is 0 Å². The van der Waals surface area contributed by atoms with Crippen LogP contribution in [0.3, 0.4) is 0 Å². The Bertz CT molecular complexity index is 454. The Balaban J connectivity index is 2.35. The van der Waals surface area contributed by atoms with E-state index in [1.165, 1.54) is 0 Å². The SMILES string of the molecule is C1=c2nc[nH]c2=CC2=NCNC12. The Labute approximate surface area is 68.7 Å². The van der Waals surface area contributed by atoms with Gasteiger partial charge in [0.05, 0.1) is 35.4 Å². The average Bonchev–Trinajstić information content (AvgIpc) is 2.64. The maximum absolute atomic E-state index is 4.31. The molecule has 2 N–H and O–H groups in total. The monoisotopic (exact) mass is 160 g/mol. The van der Waals surface area contributed by atoms with Gasteiger partial charge in [0.25, 0.3) is 0 Å². The molecule has 0 amide bonds. The van der Waals surface area contributed by atoms with Crippen LogP contribution in [0.25, 0.3) is 12.2 Å². The molecule has 0 aromatic carbocycles. The second-order valence-corrected chi connectivity index (χ2v) is 2.94. The van der Waals surface area contributed by atoms with E-state index in [-0.39, 0.29) is 6.04 Å². The number of hydrogen-bond donors (Lipinski definition) is 2. The summed E-state index contributed by atoms with van der Waals surface area (Å²) in [6.07, 6.45) is 5.85. The van der Waals surface area contributed by atoms with Crippen LogP contribution in [0.1, 0.15) is 0 Å². The van der Waals surface area contributed by atoms with Gasteiger partial charge < -0.3 is 4.98 Å². The minimum absolute atomic E-state index is 0.279. The first-order valence-corrected chi connectivity index (χ1v) is 3.94. The van der Waals surface area contributed by atoms with E-state index in [9.17, 15) is 0 Å². The van der Waals surface area contributed by atoms with Crippen molar-refractivity contribution >= 4 is 17.9 Å². The normalized spacial score (nSPS) is 25.0. The fraction of sp³-hybridized carbons (Fsp3) is 0.250. The maximum atomic E-state index is 4.31. The van der Waals surface area contributed by atoms with Gasteiger partial charge in [-0.2, -0.15) is 0 Å². The summed E-state index contributed by atoms with van der Waals surface area (Å²) in [6, 6.07) is 0.279. The fourth-order valence-corrected chi connectivity index (χ4v) is 1.59. The zero-order valence-electron chi connectivity index (χ0n) is 6.41. The van der Waals surface area contributed by atoms with Gasteiger partial charge in [-0.05, 0) is 12.2 Å². The van der Waals surface area contributed by atoms with E-state index in [4.69, 9.17) is 0 Å². The van der Waals surface area contributed by atoms with Crippen LogP contribution in [0, 0.1) is 0 Å². The molecule has 4 heteroatoms. The third kappa shape index (κ3) is 0.698. The first-order valence-electron chi connectivity index (χ1n) is 3.94. The van der Waals surface area contributed by atoms with Gasteiger partial charge in [-0.25, -0.2) is 4.98 Å². The van der Waals surface area contributed by atoms with Gasteiger partial charge in [0.15, 0.2) is 0 Å². The average molecular weight is 160 g/mol. The lowest BCUT2D eigenvalue weighted by molar-refractivity contribution is 0.789. The third-order valence-electron chi connectivity index (χ3n) is 2.21. The van der Waals surface area contributed by atoms with Gasteiger partial charge in [-0.3, -0.25) is 10.3 Å². The lowest BCUT2D eigenvalue weighted by atomic mass is 10.1. The standard InChI is InChI=1S/C8H8N4/c1-5-7(11-3-9-5)2-8-6(1)10-4-12-8/h1-3,6,10H,4H2,(H,9,11). The summed E-state index contributed by atoms with van der Waals surface area (Å²) in [4.78, 5) is 11.6. The number of aliphatic imine (C=N–C) groups is 1. The van der Waals surface area contributed by atoms with Crippen LogP contribution < -0.4 is 16.0 Å². The quantitative estimate of drug-likeness (QED) is 0.478. The molecule has 1 atom stereocenters. The second-order valence-electron chi connectivity index (χ2n) is 2.94. The highest BCUT2D eigenvalue weighted by Gasteiger charge is 2.18. The molecule has 0 saturated heterocycles. The Morgan fingerprint density at radius 1 is 1.50 bits per heavy atom. The highest BCUT2D eigenvalue weighted by Crippen LogP contribution is 2.01. The van der Waals surface area contributed by atoms with E-state index in [0.717, 1.165) is 23.1 Å². The smallest absolute Gasteiger partial charge is 0.0931 e. The highest BCUT2D eigenvalue weighted by atomic mass is 15.1. The van der Waals surface area contributed by atoms with E-state index < -0.39 is 0 Å². The molecule has 60 valence electrons. The number of aromatic amines is 1. The Hall–Kier alpha value is -1.42. The van der Waals surface area contributed by atoms with Crippen LogP contribution >= 0.6 is 0 Å². The van der Waals surface area contributed by atoms with Gasteiger partial charge in [-0.1, -0.05) is 0 Å². The zero-order valence-corrected chi connectivity index (χ0v) is 6.41. The maximum Gasteiger partial charge on any atom is 0.0931 e. The molecule has 1 aromatic rings. The number of nitrogens with one attached hydrogen (secondary N) is 2. The van der Waals surface area contributed by atoms with Crippen LogP contribution in [0.15, 0.2) is 11.3 Å². The summed E-state index contributed by atoms with van der Waals surface area (Å²) < 4.78 is 0. The van der Waals surface area contributed by atoms with Crippen molar-refractivity contribution in [2.75, 3.05) is 6.67 Å². The molecule has 1 aromatic heterocycles. The number of hydrogen-bond acceptors (Lipinski definition) is 3. The summed E-state index contributed by atoms with van der Waals surface area (Å²) in [5.41, 5.74) is 1.10. The lowest BCUT2D eigenvalue weighted by Gasteiger charge is -2.06. The second kappa shape index (κ2) is 2.04. The van der Waals surface area contributed by atoms with Crippen molar-refractivity contribution < 1.29 is 0 Å². The molecule has 1 unspecified atom stereocenters. The lowest BCUT2D eigenvalue weighted by Crippen LogP contribution is -2.39. The molecule has 0 spiro atoms. The predicted octanol–water partition coefficient (Wildman–Crippen LogP) is -1.65. The molecule has 1 aliphatic heterocycles. The molecular formula is C8H8N4. The summed E-state index contributed by atoms with van der Waals surface area (Å²) >= 11 is 0. The fourth-order valence-electron chi connectivity index (χ4n) is 1.59. The van der Waals surface area contributed by atoms with E-state index in [1.807, 2.05) is 6.08 Å². The minimum atomic E-state index is 0.279. The molecule has 2 heterocycles. The molecular weight excluding hydrogens is 152 g/mol. The molecule has 0 saturated carbocycles. The van der Waals surface area contributed by atoms with Crippen molar-refractivity contribution in [3.63, 3.8) is 0 Å². The van der Waals surface area contributed by atoms with Crippen molar-refractivity contribution in [1.29, 1.82) is 0 Å². The van der Waals surface area contributed by atoms with Crippen molar-refractivity contribution in [3.8, 4) is 0 Å². The van der Waals surface area contributed by atoms with Gasteiger partial charge >= 0.3 is 0 Å². The van der Waals surface area contributed by atoms with Gasteiger partial charge in [0, 0.05) is 0 Å². The molecule has 2 aliphatic rings. The number of rotatable bonds is 0. The largest absolute Gasteiger partial charge is 0.345 e. The molecule has 4 nitrogen and oxygen atoms in total. The van der Waals surface area contributed by atoms with Crippen molar-refractivity contribution in [2.24, 2.45) is 4.99 Å². The molecule has 12 heavy (non-hydrogen) atoms. The molecule has 3 rings (SSSR count). The molecule has 1 aliphatic carbocycles. The van der Waals surface area contributed by atoms with Crippen molar-refractivity contribution in [2.45, 2.75) is 6.04 Å². The Kier molecular flexibility index (Phi) is 1.04.